The molecule has 1 aliphatic rings. The molecule has 0 aromatic rings. The van der Waals surface area contributed by atoms with Crippen LogP contribution in [-0.4, -0.2) is 25.6 Å². The van der Waals surface area contributed by atoms with Crippen molar-refractivity contribution in [3.05, 3.63) is 5.76 Å². The van der Waals surface area contributed by atoms with E-state index in [0.29, 0.717) is 25.5 Å². The smallest absolute Gasteiger partial charge is 0.195 e. The molecule has 0 aliphatic carbocycles. The molecule has 0 unspecified atom stereocenters. The van der Waals surface area contributed by atoms with Crippen molar-refractivity contribution in [3.63, 3.8) is 0 Å². The second-order valence-electron chi connectivity index (χ2n) is 1.48. The summed E-state index contributed by atoms with van der Waals surface area (Å²) in [6.07, 6.45) is 0. The van der Waals surface area contributed by atoms with Crippen LogP contribution >= 0.6 is 0 Å². The second kappa shape index (κ2) is 2.50. The van der Waals surface area contributed by atoms with Crippen LogP contribution in [0.4, 0.5) is 0 Å². The average Bonchev–Trinajstić information content (AvgIpc) is 1.90. The van der Waals surface area contributed by atoms with Crippen molar-refractivity contribution in [2.45, 2.75) is 0 Å². The van der Waals surface area contributed by atoms with Gasteiger partial charge in [-0.05, 0) is 0 Å². The van der Waals surface area contributed by atoms with Crippen molar-refractivity contribution in [2.24, 2.45) is 0 Å². The Hall–Kier alpha value is -0.790. The lowest BCUT2D eigenvalue weighted by Crippen LogP contribution is -2.23. The summed E-state index contributed by atoms with van der Waals surface area (Å²) >= 11 is 0. The Kier molecular flexibility index (Phi) is 1.67. The largest absolute Gasteiger partial charge is 0.484 e. The molecule has 0 N–H and O–H groups in total. The lowest BCUT2D eigenvalue weighted by atomic mass is 10.4. The van der Waals surface area contributed by atoms with Crippen LogP contribution in [0.2, 0.25) is 0 Å². The Balaban J connectivity index is 2.45. The van der Waals surface area contributed by atoms with Crippen molar-refractivity contribution in [3.8, 4) is 0 Å². The van der Waals surface area contributed by atoms with Gasteiger partial charge in [-0.3, -0.25) is 0 Å². The van der Waals surface area contributed by atoms with Gasteiger partial charge in [0.1, 0.15) is 6.61 Å². The highest BCUT2D eigenvalue weighted by molar-refractivity contribution is 5.50. The highest BCUT2D eigenvalue weighted by Crippen LogP contribution is 1.94. The standard InChI is InChI=1S/C5H6NO2/c7-4-5-3-6-1-2-8-5/h1-3H2. The summed E-state index contributed by atoms with van der Waals surface area (Å²) in [4.78, 5) is 9.81. The SMILES string of the molecule is O=C=C1C[N]CCO1. The predicted octanol–water partition coefficient (Wildman–Crippen LogP) is -0.663. The molecule has 0 amide bonds. The highest BCUT2D eigenvalue weighted by atomic mass is 16.5. The molecule has 1 heterocycles. The number of nitrogens with zero attached hydrogens (tertiary/aromatic N) is 1. The minimum atomic E-state index is 0.330. The molecule has 1 radical (unpaired) electrons. The van der Waals surface area contributed by atoms with Gasteiger partial charge in [-0.1, -0.05) is 0 Å². The van der Waals surface area contributed by atoms with Crippen molar-refractivity contribution in [1.82, 2.24) is 5.32 Å². The normalized spacial score (nSPS) is 19.2. The number of rotatable bonds is 0. The predicted molar refractivity (Wildman–Crippen MR) is 27.0 cm³/mol. The number of hydrogen-bond acceptors (Lipinski definition) is 2. The van der Waals surface area contributed by atoms with Gasteiger partial charge >= 0.3 is 0 Å². The summed E-state index contributed by atoms with van der Waals surface area (Å²) in [5, 5.41) is 3.90. The molecule has 1 saturated heterocycles. The fraction of sp³-hybridized carbons (Fsp3) is 0.600. The van der Waals surface area contributed by atoms with E-state index in [1.807, 2.05) is 0 Å². The van der Waals surface area contributed by atoms with E-state index in [1.165, 1.54) is 0 Å². The van der Waals surface area contributed by atoms with E-state index >= 15 is 0 Å². The summed E-state index contributed by atoms with van der Waals surface area (Å²) in [6.45, 7) is 1.64. The lowest BCUT2D eigenvalue weighted by molar-refractivity contribution is 0.179. The number of morpholine rings is 1. The topological polar surface area (TPSA) is 40.4 Å². The van der Waals surface area contributed by atoms with Crippen molar-refractivity contribution < 1.29 is 9.53 Å². The molecule has 0 aromatic carbocycles. The van der Waals surface area contributed by atoms with Gasteiger partial charge in [0.05, 0.1) is 6.54 Å². The molecule has 0 bridgehead atoms. The van der Waals surface area contributed by atoms with Crippen LogP contribution < -0.4 is 5.32 Å². The van der Waals surface area contributed by atoms with E-state index in [0.717, 1.165) is 0 Å². The van der Waals surface area contributed by atoms with Gasteiger partial charge in [0.2, 0.25) is 0 Å². The molecular weight excluding hydrogens is 106 g/mol. The highest BCUT2D eigenvalue weighted by Gasteiger charge is 2.04. The van der Waals surface area contributed by atoms with Gasteiger partial charge in [0.25, 0.3) is 0 Å². The molecule has 1 rings (SSSR count). The summed E-state index contributed by atoms with van der Waals surface area (Å²) < 4.78 is 4.83. The quantitative estimate of drug-likeness (QED) is 0.390. The van der Waals surface area contributed by atoms with Gasteiger partial charge in [0.15, 0.2) is 11.7 Å². The van der Waals surface area contributed by atoms with E-state index in [2.05, 4.69) is 5.32 Å². The second-order valence-corrected chi connectivity index (χ2v) is 1.48. The van der Waals surface area contributed by atoms with Gasteiger partial charge in [-0.2, -0.15) is 0 Å². The Bertz CT molecular complexity index is 118. The Morgan fingerprint density at radius 2 is 2.62 bits per heavy atom. The molecule has 0 atom stereocenters. The van der Waals surface area contributed by atoms with Gasteiger partial charge < -0.3 is 4.74 Å². The maximum atomic E-state index is 9.81. The van der Waals surface area contributed by atoms with Crippen LogP contribution in [0, 0.1) is 0 Å². The lowest BCUT2D eigenvalue weighted by Gasteiger charge is -2.11. The third kappa shape index (κ3) is 1.09. The van der Waals surface area contributed by atoms with E-state index < -0.39 is 0 Å². The number of ether oxygens (including phenoxy) is 1. The van der Waals surface area contributed by atoms with Crippen LogP contribution in [0.25, 0.3) is 0 Å². The van der Waals surface area contributed by atoms with Crippen LogP contribution in [0.15, 0.2) is 5.76 Å². The van der Waals surface area contributed by atoms with Gasteiger partial charge in [-0.15, -0.1) is 0 Å². The molecular formula is C5H6NO2. The van der Waals surface area contributed by atoms with Gasteiger partial charge in [0, 0.05) is 6.54 Å². The maximum absolute atomic E-state index is 9.81. The van der Waals surface area contributed by atoms with Crippen molar-refractivity contribution in [2.75, 3.05) is 19.7 Å². The zero-order valence-electron chi connectivity index (χ0n) is 4.39. The first kappa shape index (κ1) is 5.35. The van der Waals surface area contributed by atoms with Crippen LogP contribution in [0.5, 0.6) is 0 Å². The summed E-state index contributed by atoms with van der Waals surface area (Å²) in [6, 6.07) is 0. The van der Waals surface area contributed by atoms with Crippen LogP contribution in [0.3, 0.4) is 0 Å². The maximum Gasteiger partial charge on any atom is 0.195 e. The molecule has 3 heteroatoms. The average molecular weight is 112 g/mol. The van der Waals surface area contributed by atoms with E-state index in [9.17, 15) is 4.79 Å². The Labute approximate surface area is 47.3 Å². The zero-order chi connectivity index (χ0) is 5.82. The van der Waals surface area contributed by atoms with Crippen LogP contribution in [0.1, 0.15) is 0 Å². The third-order valence-corrected chi connectivity index (χ3v) is 0.895. The molecule has 0 aromatic heterocycles. The van der Waals surface area contributed by atoms with Crippen molar-refractivity contribution in [1.29, 1.82) is 0 Å². The minimum Gasteiger partial charge on any atom is -0.484 e. The molecule has 3 nitrogen and oxygen atoms in total. The summed E-state index contributed by atoms with van der Waals surface area (Å²) in [7, 11) is 0. The minimum absolute atomic E-state index is 0.330. The third-order valence-electron chi connectivity index (χ3n) is 0.895. The molecule has 0 spiro atoms. The summed E-state index contributed by atoms with van der Waals surface area (Å²) in [5.41, 5.74) is 0. The van der Waals surface area contributed by atoms with E-state index in [1.54, 1.807) is 5.94 Å². The Morgan fingerprint density at radius 3 is 3.00 bits per heavy atom. The number of carbonyl (C=O) groups excluding carboxylic acids is 1. The van der Waals surface area contributed by atoms with Crippen molar-refractivity contribution >= 4 is 5.94 Å². The molecule has 1 fully saturated rings. The fourth-order valence-electron chi connectivity index (χ4n) is 0.521. The van der Waals surface area contributed by atoms with Crippen LogP contribution in [-0.2, 0) is 9.53 Å². The Morgan fingerprint density at radius 1 is 1.75 bits per heavy atom. The van der Waals surface area contributed by atoms with E-state index in [4.69, 9.17) is 4.74 Å². The van der Waals surface area contributed by atoms with Gasteiger partial charge in [-0.25, -0.2) is 10.1 Å². The summed E-state index contributed by atoms with van der Waals surface area (Å²) in [5.74, 6) is 1.98. The molecule has 1 aliphatic heterocycles. The first-order valence-electron chi connectivity index (χ1n) is 2.43. The first-order valence-corrected chi connectivity index (χ1v) is 2.43. The first-order chi connectivity index (χ1) is 3.93. The van der Waals surface area contributed by atoms with E-state index in [-0.39, 0.29) is 0 Å². The fourth-order valence-corrected chi connectivity index (χ4v) is 0.521. The molecule has 0 saturated carbocycles. The monoisotopic (exact) mass is 112 g/mol. The number of hydrogen-bond donors (Lipinski definition) is 0. The molecule has 43 valence electrons. The molecule has 8 heavy (non-hydrogen) atoms. The zero-order valence-corrected chi connectivity index (χ0v) is 4.39.